The zero-order valence-corrected chi connectivity index (χ0v) is 21.8. The summed E-state index contributed by atoms with van der Waals surface area (Å²) in [5.74, 6) is -1.16. The molecule has 0 spiro atoms. The third-order valence-electron chi connectivity index (χ3n) is 4.66. The predicted molar refractivity (Wildman–Crippen MR) is 133 cm³/mol. The van der Waals surface area contributed by atoms with Gasteiger partial charge in [0.05, 0.1) is 58.0 Å². The topological polar surface area (TPSA) is 142 Å². The van der Waals surface area contributed by atoms with E-state index in [1.165, 1.54) is 24.7 Å². The van der Waals surface area contributed by atoms with Gasteiger partial charge in [-0.3, -0.25) is 10.1 Å². The first-order chi connectivity index (χ1) is 18.2. The Morgan fingerprint density at radius 3 is 2.23 bits per heavy atom. The van der Waals surface area contributed by atoms with Crippen LogP contribution in [0, 0.1) is 0 Å². The van der Waals surface area contributed by atoms with E-state index < -0.39 is 35.0 Å². The molecule has 0 aliphatic carbocycles. The first kappa shape index (κ1) is 27.8. The number of hydrogen-bond acceptors (Lipinski definition) is 8. The summed E-state index contributed by atoms with van der Waals surface area (Å²) < 4.78 is 48.1. The minimum atomic E-state index is -5.04. The second-order valence-corrected chi connectivity index (χ2v) is 9.58. The summed E-state index contributed by atoms with van der Waals surface area (Å²) in [6, 6.07) is 2.33. The molecular formula is C22H18Cl2F3N9O3. The van der Waals surface area contributed by atoms with Crippen LogP contribution in [-0.4, -0.2) is 52.3 Å². The maximum atomic E-state index is 14.2. The van der Waals surface area contributed by atoms with Gasteiger partial charge in [0.2, 0.25) is 0 Å². The molecule has 0 fully saturated rings. The number of carbonyl (C=O) groups excluding carboxylic acids is 2. The molecule has 0 bridgehead atoms. The number of nitrogens with one attached hydrogen (secondary N) is 2. The first-order valence-corrected chi connectivity index (χ1v) is 11.6. The van der Waals surface area contributed by atoms with E-state index in [0.29, 0.717) is 4.68 Å². The van der Waals surface area contributed by atoms with Crippen molar-refractivity contribution < 1.29 is 27.5 Å². The van der Waals surface area contributed by atoms with E-state index in [0.717, 1.165) is 23.3 Å². The number of alkyl halides is 3. The molecule has 0 aliphatic heterocycles. The molecule has 0 saturated carbocycles. The Kier molecular flexibility index (Phi) is 7.48. The Balaban J connectivity index is 1.65. The number of carbonyl (C=O) groups is 2. The van der Waals surface area contributed by atoms with Crippen LogP contribution in [0.5, 0.6) is 0 Å². The second kappa shape index (κ2) is 10.5. The van der Waals surface area contributed by atoms with Crippen molar-refractivity contribution in [3.63, 3.8) is 0 Å². The van der Waals surface area contributed by atoms with Gasteiger partial charge in [0, 0.05) is 6.07 Å². The van der Waals surface area contributed by atoms with Crippen LogP contribution < -0.4 is 10.6 Å². The Hall–Kier alpha value is -4.24. The maximum Gasteiger partial charge on any atom is 0.434 e. The summed E-state index contributed by atoms with van der Waals surface area (Å²) in [6.45, 7) is 4.90. The van der Waals surface area contributed by atoms with Gasteiger partial charge >= 0.3 is 12.3 Å². The quantitative estimate of drug-likeness (QED) is 0.328. The van der Waals surface area contributed by atoms with Crippen LogP contribution in [0.1, 0.15) is 36.8 Å². The molecule has 0 saturated heterocycles. The molecule has 0 radical (unpaired) electrons. The molecule has 0 unspecified atom stereocenters. The largest absolute Gasteiger partial charge is 0.444 e. The highest BCUT2D eigenvalue weighted by Crippen LogP contribution is 2.36. The summed E-state index contributed by atoms with van der Waals surface area (Å²) in [5.41, 5.74) is -3.36. The van der Waals surface area contributed by atoms with Crippen molar-refractivity contribution in [3.05, 3.63) is 64.4 Å². The van der Waals surface area contributed by atoms with Crippen LogP contribution in [0.15, 0.2) is 43.1 Å². The van der Waals surface area contributed by atoms with Crippen LogP contribution >= 0.6 is 23.2 Å². The third-order valence-corrected chi connectivity index (χ3v) is 5.23. The molecule has 4 aromatic heterocycles. The van der Waals surface area contributed by atoms with Crippen LogP contribution in [0.2, 0.25) is 10.0 Å². The molecule has 2 amide bonds. The van der Waals surface area contributed by atoms with Crippen LogP contribution in [0.4, 0.5) is 29.5 Å². The van der Waals surface area contributed by atoms with Gasteiger partial charge < -0.3 is 10.1 Å². The number of amides is 2. The number of halogens is 5. The zero-order valence-electron chi connectivity index (χ0n) is 20.3. The highest BCUT2D eigenvalue weighted by atomic mass is 35.5. The van der Waals surface area contributed by atoms with Gasteiger partial charge in [-0.15, -0.1) is 4.80 Å². The van der Waals surface area contributed by atoms with Crippen molar-refractivity contribution in [2.24, 2.45) is 0 Å². The second-order valence-electron chi connectivity index (χ2n) is 8.77. The number of aromatic nitrogens is 7. The van der Waals surface area contributed by atoms with Gasteiger partial charge in [-0.1, -0.05) is 23.2 Å². The molecule has 2 N–H and O–H groups in total. The standard InChI is InChI=1S/C22H18Cl2F3N9O3/c1-21(2,3)39-20(38)34-16-7-15(14(24)10-28-16)35-17(22(25,26)27)12(9-32-35)19(37)33-11-6-13(23)18(29-8-11)36-30-4-5-31-36/h4-10H,1-3H3,(H,33,37)(H,28,34,38). The lowest BCUT2D eigenvalue weighted by atomic mass is 10.2. The lowest BCUT2D eigenvalue weighted by Crippen LogP contribution is -2.27. The van der Waals surface area contributed by atoms with Crippen LogP contribution in [-0.2, 0) is 10.9 Å². The fourth-order valence-electron chi connectivity index (χ4n) is 3.21. The van der Waals surface area contributed by atoms with E-state index >= 15 is 0 Å². The number of ether oxygens (including phenoxy) is 1. The normalized spacial score (nSPS) is 11.8. The van der Waals surface area contributed by atoms with Crippen molar-refractivity contribution in [2.75, 3.05) is 10.6 Å². The van der Waals surface area contributed by atoms with E-state index in [9.17, 15) is 22.8 Å². The summed E-state index contributed by atoms with van der Waals surface area (Å²) in [6.07, 6.45) is -0.205. The van der Waals surface area contributed by atoms with Gasteiger partial charge in [-0.2, -0.15) is 28.5 Å². The number of anilines is 2. The molecule has 4 rings (SSSR count). The van der Waals surface area contributed by atoms with Crippen molar-refractivity contribution in [3.8, 4) is 11.5 Å². The molecule has 4 heterocycles. The summed E-state index contributed by atoms with van der Waals surface area (Å²) in [7, 11) is 0. The minimum absolute atomic E-state index is 0.00701. The Morgan fingerprint density at radius 1 is 0.923 bits per heavy atom. The Labute approximate surface area is 228 Å². The minimum Gasteiger partial charge on any atom is -0.444 e. The highest BCUT2D eigenvalue weighted by Gasteiger charge is 2.41. The predicted octanol–water partition coefficient (Wildman–Crippen LogP) is 5.17. The van der Waals surface area contributed by atoms with E-state index in [-0.39, 0.29) is 33.1 Å². The average molecular weight is 584 g/mol. The Morgan fingerprint density at radius 2 is 1.62 bits per heavy atom. The number of nitrogens with zero attached hydrogens (tertiary/aromatic N) is 7. The highest BCUT2D eigenvalue weighted by molar-refractivity contribution is 6.32. The van der Waals surface area contributed by atoms with E-state index in [1.54, 1.807) is 20.8 Å². The van der Waals surface area contributed by atoms with Crippen molar-refractivity contribution >= 4 is 46.7 Å². The van der Waals surface area contributed by atoms with E-state index in [4.69, 9.17) is 27.9 Å². The zero-order chi connectivity index (χ0) is 28.5. The van der Waals surface area contributed by atoms with Crippen LogP contribution in [0.3, 0.4) is 0 Å². The number of hydrogen-bond donors (Lipinski definition) is 2. The SMILES string of the molecule is CC(C)(C)OC(=O)Nc1cc(-n2ncc(C(=O)Nc3cnc(-n4nccn4)c(Cl)c3)c2C(F)(F)F)c(Cl)cn1. The number of rotatable bonds is 5. The molecule has 204 valence electrons. The summed E-state index contributed by atoms with van der Waals surface area (Å²) in [4.78, 5) is 34.0. The van der Waals surface area contributed by atoms with E-state index in [2.05, 4.69) is 35.9 Å². The molecule has 12 nitrogen and oxygen atoms in total. The van der Waals surface area contributed by atoms with Gasteiger partial charge in [0.15, 0.2) is 11.5 Å². The van der Waals surface area contributed by atoms with E-state index in [1.807, 2.05) is 0 Å². The van der Waals surface area contributed by atoms with Gasteiger partial charge in [-0.25, -0.2) is 19.4 Å². The van der Waals surface area contributed by atoms with Crippen LogP contribution in [0.25, 0.3) is 11.5 Å². The lowest BCUT2D eigenvalue weighted by Gasteiger charge is -2.19. The molecular weight excluding hydrogens is 566 g/mol. The first-order valence-electron chi connectivity index (χ1n) is 10.9. The lowest BCUT2D eigenvalue weighted by molar-refractivity contribution is -0.143. The van der Waals surface area contributed by atoms with Gasteiger partial charge in [-0.05, 0) is 26.8 Å². The monoisotopic (exact) mass is 583 g/mol. The molecule has 4 aromatic rings. The Bertz CT molecular complexity index is 1530. The average Bonchev–Trinajstić information content (AvgIpc) is 3.49. The van der Waals surface area contributed by atoms with Crippen molar-refractivity contribution in [1.82, 2.24) is 34.7 Å². The third kappa shape index (κ3) is 6.43. The maximum absolute atomic E-state index is 14.2. The van der Waals surface area contributed by atoms with Crippen molar-refractivity contribution in [1.29, 1.82) is 0 Å². The molecule has 0 aliphatic rings. The molecule has 0 aromatic carbocycles. The van der Waals surface area contributed by atoms with Gasteiger partial charge in [0.1, 0.15) is 11.4 Å². The number of pyridine rings is 2. The summed E-state index contributed by atoms with van der Waals surface area (Å²) in [5, 5.41) is 15.9. The fraction of sp³-hybridized carbons (Fsp3) is 0.227. The molecule has 0 atom stereocenters. The molecule has 39 heavy (non-hydrogen) atoms. The summed E-state index contributed by atoms with van der Waals surface area (Å²) >= 11 is 12.3. The van der Waals surface area contributed by atoms with Gasteiger partial charge in [0.25, 0.3) is 5.91 Å². The van der Waals surface area contributed by atoms with Crippen molar-refractivity contribution in [2.45, 2.75) is 32.5 Å². The molecule has 17 heteroatoms. The fourth-order valence-corrected chi connectivity index (χ4v) is 3.63. The smallest absolute Gasteiger partial charge is 0.434 e.